The van der Waals surface area contributed by atoms with Crippen LogP contribution in [0.15, 0.2) is 23.4 Å². The van der Waals surface area contributed by atoms with Crippen molar-refractivity contribution in [2.24, 2.45) is 0 Å². The van der Waals surface area contributed by atoms with Gasteiger partial charge in [0.25, 0.3) is 0 Å². The third-order valence-electron chi connectivity index (χ3n) is 6.47. The number of nitrogens with zero attached hydrogens (tertiary/aromatic N) is 3. The molecule has 0 bridgehead atoms. The fourth-order valence-electron chi connectivity index (χ4n) is 4.90. The van der Waals surface area contributed by atoms with Crippen molar-refractivity contribution in [3.8, 4) is 0 Å². The van der Waals surface area contributed by atoms with Crippen LogP contribution >= 0.6 is 23.1 Å². The van der Waals surface area contributed by atoms with Crippen molar-refractivity contribution in [1.29, 1.82) is 0 Å². The molecule has 0 radical (unpaired) electrons. The number of fused-ring (bicyclic) bond motifs is 4. The molecule has 4 aromatic rings. The van der Waals surface area contributed by atoms with Gasteiger partial charge in [-0.1, -0.05) is 23.4 Å². The summed E-state index contributed by atoms with van der Waals surface area (Å²) >= 11 is 3.02. The third kappa shape index (κ3) is 4.43. The number of hydrogen-bond donors (Lipinski definition) is 1. The molecule has 1 aliphatic rings. The van der Waals surface area contributed by atoms with E-state index >= 15 is 0 Å². The van der Waals surface area contributed by atoms with Gasteiger partial charge < -0.3 is 10.1 Å². The molecule has 0 saturated carbocycles. The number of nitrogens with one attached hydrogen (secondary N) is 1. The van der Waals surface area contributed by atoms with Gasteiger partial charge in [-0.25, -0.2) is 4.79 Å². The van der Waals surface area contributed by atoms with Crippen LogP contribution in [-0.2, 0) is 22.4 Å². The number of benzene rings is 1. The fraction of sp³-hybridized carbons (Fsp3) is 0.385. The highest BCUT2D eigenvalue weighted by Gasteiger charge is 2.27. The maximum Gasteiger partial charge on any atom is 0.341 e. The van der Waals surface area contributed by atoms with Crippen molar-refractivity contribution in [3.63, 3.8) is 0 Å². The van der Waals surface area contributed by atoms with Crippen LogP contribution < -0.4 is 5.32 Å². The number of aryl methyl sites for hydroxylation is 4. The number of ether oxygens (including phenoxy) is 1. The van der Waals surface area contributed by atoms with Gasteiger partial charge in [0, 0.05) is 22.4 Å². The van der Waals surface area contributed by atoms with Gasteiger partial charge in [-0.15, -0.1) is 21.5 Å². The number of aromatic nitrogens is 3. The number of carbonyl (C=O) groups is 2. The van der Waals surface area contributed by atoms with Crippen LogP contribution in [0, 0.1) is 20.8 Å². The fourth-order valence-corrected chi connectivity index (χ4v) is 7.08. The molecule has 0 spiro atoms. The van der Waals surface area contributed by atoms with Crippen LogP contribution in [-0.4, -0.2) is 39.3 Å². The van der Waals surface area contributed by atoms with Gasteiger partial charge in [0.05, 0.1) is 18.2 Å². The zero-order valence-electron chi connectivity index (χ0n) is 20.4. The summed E-state index contributed by atoms with van der Waals surface area (Å²) in [4.78, 5) is 26.4. The molecule has 182 valence electrons. The van der Waals surface area contributed by atoms with Gasteiger partial charge in [0.1, 0.15) is 5.00 Å². The summed E-state index contributed by atoms with van der Waals surface area (Å²) in [5.41, 5.74) is 7.05. The minimum absolute atomic E-state index is 0.123. The molecule has 3 aromatic heterocycles. The quantitative estimate of drug-likeness (QED) is 0.267. The van der Waals surface area contributed by atoms with Crippen molar-refractivity contribution in [2.75, 3.05) is 18.2 Å². The monoisotopic (exact) mass is 508 g/mol. The Morgan fingerprint density at radius 2 is 1.91 bits per heavy atom. The Balaban J connectivity index is 1.34. The number of pyridine rings is 1. The van der Waals surface area contributed by atoms with Gasteiger partial charge in [0.15, 0.2) is 10.8 Å². The highest BCUT2D eigenvalue weighted by molar-refractivity contribution is 7.99. The third-order valence-corrected chi connectivity index (χ3v) is 8.61. The lowest BCUT2D eigenvalue weighted by Crippen LogP contribution is -2.15. The van der Waals surface area contributed by atoms with E-state index in [2.05, 4.69) is 58.9 Å². The molecule has 5 rings (SSSR count). The number of methoxy groups -OCH3 is 1. The largest absolute Gasteiger partial charge is 0.465 e. The standard InChI is InChI=1S/C26H28N4O3S2/c1-14-11-16(3)23-18(12-14)15(2)13-20-28-29-26(30(20)23)34-10-9-21(31)27-24-22(25(32)33-4)17-7-5-6-8-19(17)35-24/h11-13H,5-10H2,1-4H3,(H,27,31). The molecule has 1 aliphatic carbocycles. The topological polar surface area (TPSA) is 85.6 Å². The van der Waals surface area contributed by atoms with E-state index in [-0.39, 0.29) is 11.9 Å². The minimum Gasteiger partial charge on any atom is -0.465 e. The maximum atomic E-state index is 12.8. The Bertz CT molecular complexity index is 1470. The predicted molar refractivity (Wildman–Crippen MR) is 141 cm³/mol. The molecule has 9 heteroatoms. The molecule has 0 fully saturated rings. The lowest BCUT2D eigenvalue weighted by Gasteiger charge is -2.12. The van der Waals surface area contributed by atoms with Crippen LogP contribution in [0.5, 0.6) is 0 Å². The molecule has 1 N–H and O–H groups in total. The van der Waals surface area contributed by atoms with Crippen molar-refractivity contribution in [1.82, 2.24) is 14.6 Å². The van der Waals surface area contributed by atoms with Crippen LogP contribution in [0.25, 0.3) is 16.6 Å². The van der Waals surface area contributed by atoms with Crippen molar-refractivity contribution in [3.05, 3.63) is 50.9 Å². The SMILES string of the molecule is COC(=O)c1c(NC(=O)CCSc2nnc3cc(C)c4cc(C)cc(C)c4n23)sc2c1CCCC2. The number of thioether (sulfide) groups is 1. The Kier molecular flexibility index (Phi) is 6.55. The summed E-state index contributed by atoms with van der Waals surface area (Å²) < 4.78 is 7.09. The Hall–Kier alpha value is -2.91. The average molecular weight is 509 g/mol. The van der Waals surface area contributed by atoms with E-state index in [1.165, 1.54) is 57.2 Å². The molecular formula is C26H28N4O3S2. The zero-order valence-corrected chi connectivity index (χ0v) is 22.0. The van der Waals surface area contributed by atoms with E-state index in [1.807, 2.05) is 0 Å². The first kappa shape index (κ1) is 23.8. The first-order chi connectivity index (χ1) is 16.9. The normalized spacial score (nSPS) is 13.3. The minimum atomic E-state index is -0.378. The first-order valence-electron chi connectivity index (χ1n) is 11.8. The molecule has 3 heterocycles. The number of rotatable bonds is 6. The highest BCUT2D eigenvalue weighted by atomic mass is 32.2. The average Bonchev–Trinajstić information content (AvgIpc) is 3.39. The number of esters is 1. The lowest BCUT2D eigenvalue weighted by atomic mass is 9.95. The number of carbonyl (C=O) groups excluding carboxylic acids is 2. The number of anilines is 1. The first-order valence-corrected chi connectivity index (χ1v) is 13.6. The smallest absolute Gasteiger partial charge is 0.341 e. The molecule has 1 amide bonds. The second-order valence-electron chi connectivity index (χ2n) is 9.03. The molecule has 1 aromatic carbocycles. The predicted octanol–water partition coefficient (Wildman–Crippen LogP) is 5.66. The summed E-state index contributed by atoms with van der Waals surface area (Å²) in [6, 6.07) is 6.42. The molecule has 0 atom stereocenters. The number of amides is 1. The molecule has 35 heavy (non-hydrogen) atoms. The van der Waals surface area contributed by atoms with Gasteiger partial charge in [-0.3, -0.25) is 9.20 Å². The van der Waals surface area contributed by atoms with Crippen LogP contribution in [0.3, 0.4) is 0 Å². The lowest BCUT2D eigenvalue weighted by molar-refractivity contribution is -0.115. The van der Waals surface area contributed by atoms with Gasteiger partial charge in [-0.05, 0) is 75.3 Å². The molecule has 0 saturated heterocycles. The summed E-state index contributed by atoms with van der Waals surface area (Å²) in [6.07, 6.45) is 4.26. The van der Waals surface area contributed by atoms with E-state index in [4.69, 9.17) is 4.74 Å². The number of thiophene rings is 1. The van der Waals surface area contributed by atoms with E-state index < -0.39 is 0 Å². The van der Waals surface area contributed by atoms with Gasteiger partial charge in [-0.2, -0.15) is 0 Å². The Morgan fingerprint density at radius 3 is 2.71 bits per heavy atom. The molecule has 7 nitrogen and oxygen atoms in total. The highest BCUT2D eigenvalue weighted by Crippen LogP contribution is 2.38. The summed E-state index contributed by atoms with van der Waals surface area (Å²) in [6.45, 7) is 6.31. The second kappa shape index (κ2) is 9.62. The van der Waals surface area contributed by atoms with Crippen molar-refractivity contribution in [2.45, 2.75) is 58.0 Å². The Labute approximate surface area is 212 Å². The van der Waals surface area contributed by atoms with Gasteiger partial charge >= 0.3 is 5.97 Å². The van der Waals surface area contributed by atoms with Crippen LogP contribution in [0.4, 0.5) is 5.00 Å². The van der Waals surface area contributed by atoms with Crippen LogP contribution in [0.1, 0.15) is 56.8 Å². The second-order valence-corrected chi connectivity index (χ2v) is 11.2. The molecule has 0 unspecified atom stereocenters. The van der Waals surface area contributed by atoms with E-state index in [1.54, 1.807) is 0 Å². The van der Waals surface area contributed by atoms with E-state index in [0.29, 0.717) is 22.7 Å². The van der Waals surface area contributed by atoms with Gasteiger partial charge in [0.2, 0.25) is 5.91 Å². The van der Waals surface area contributed by atoms with Crippen LogP contribution in [0.2, 0.25) is 0 Å². The van der Waals surface area contributed by atoms with E-state index in [9.17, 15) is 9.59 Å². The summed E-state index contributed by atoms with van der Waals surface area (Å²) in [5.74, 6) is 0.0466. The van der Waals surface area contributed by atoms with Crippen molar-refractivity contribution >= 4 is 56.5 Å². The summed E-state index contributed by atoms with van der Waals surface area (Å²) in [7, 11) is 1.38. The maximum absolute atomic E-state index is 12.8. The molecular weight excluding hydrogens is 480 g/mol. The van der Waals surface area contributed by atoms with E-state index in [0.717, 1.165) is 47.6 Å². The van der Waals surface area contributed by atoms with Crippen molar-refractivity contribution < 1.29 is 14.3 Å². The zero-order chi connectivity index (χ0) is 24.7. The number of hydrogen-bond acceptors (Lipinski definition) is 7. The summed E-state index contributed by atoms with van der Waals surface area (Å²) in [5, 5.41) is 14.3. The Morgan fingerprint density at radius 1 is 1.11 bits per heavy atom. The molecule has 0 aliphatic heterocycles.